The number of sulfone groups is 1. The summed E-state index contributed by atoms with van der Waals surface area (Å²) in [7, 11) is -2.87. The van der Waals surface area contributed by atoms with Crippen LogP contribution >= 0.6 is 0 Å². The molecule has 0 aliphatic carbocycles. The summed E-state index contributed by atoms with van der Waals surface area (Å²) >= 11 is 0. The van der Waals surface area contributed by atoms with Crippen molar-refractivity contribution >= 4 is 15.5 Å². The molecule has 1 aliphatic rings. The van der Waals surface area contributed by atoms with Gasteiger partial charge >= 0.3 is 0 Å². The summed E-state index contributed by atoms with van der Waals surface area (Å²) in [5.41, 5.74) is 6.75. The zero-order valence-electron chi connectivity index (χ0n) is 8.18. The molecule has 82 valence electrons. The van der Waals surface area contributed by atoms with Gasteiger partial charge in [0.2, 0.25) is 0 Å². The first kappa shape index (κ1) is 10.3. The predicted octanol–water partition coefficient (Wildman–Crippen LogP) is 0.877. The number of nitrogen functional groups attached to an aromatic ring is 1. The van der Waals surface area contributed by atoms with Crippen LogP contribution in [0.15, 0.2) is 18.2 Å². The van der Waals surface area contributed by atoms with Gasteiger partial charge in [-0.2, -0.15) is 0 Å². The molecule has 3 N–H and O–H groups in total. The third-order valence-corrected chi connectivity index (χ3v) is 4.52. The SMILES string of the molecule is Nc1cc(C2CCS(=O)(=O)C2)ccc1O. The molecule has 1 saturated heterocycles. The van der Waals surface area contributed by atoms with Gasteiger partial charge in [0.1, 0.15) is 5.75 Å². The Morgan fingerprint density at radius 2 is 2.13 bits per heavy atom. The van der Waals surface area contributed by atoms with Crippen LogP contribution in [0, 0.1) is 0 Å². The van der Waals surface area contributed by atoms with Crippen LogP contribution in [-0.2, 0) is 9.84 Å². The van der Waals surface area contributed by atoms with Crippen LogP contribution in [-0.4, -0.2) is 25.0 Å². The smallest absolute Gasteiger partial charge is 0.150 e. The van der Waals surface area contributed by atoms with E-state index in [4.69, 9.17) is 5.73 Å². The van der Waals surface area contributed by atoms with Gasteiger partial charge in [-0.15, -0.1) is 0 Å². The molecule has 5 heteroatoms. The largest absolute Gasteiger partial charge is 0.506 e. The summed E-state index contributed by atoms with van der Waals surface area (Å²) < 4.78 is 22.6. The molecule has 2 rings (SSSR count). The Hall–Kier alpha value is -1.23. The summed E-state index contributed by atoms with van der Waals surface area (Å²) in [6.07, 6.45) is 0.645. The highest BCUT2D eigenvalue weighted by molar-refractivity contribution is 7.91. The van der Waals surface area contributed by atoms with E-state index in [1.165, 1.54) is 6.07 Å². The normalized spacial score (nSPS) is 24.1. The quantitative estimate of drug-likeness (QED) is 0.551. The minimum Gasteiger partial charge on any atom is -0.506 e. The molecule has 0 bridgehead atoms. The Morgan fingerprint density at radius 3 is 2.67 bits per heavy atom. The molecule has 0 spiro atoms. The third-order valence-electron chi connectivity index (χ3n) is 2.76. The lowest BCUT2D eigenvalue weighted by atomic mass is 9.98. The van der Waals surface area contributed by atoms with Crippen molar-refractivity contribution in [3.05, 3.63) is 23.8 Å². The molecule has 1 fully saturated rings. The molecular weight excluding hydrogens is 214 g/mol. The zero-order valence-corrected chi connectivity index (χ0v) is 9.00. The number of phenols is 1. The second-order valence-corrected chi connectivity index (χ2v) is 6.15. The monoisotopic (exact) mass is 227 g/mol. The van der Waals surface area contributed by atoms with Crippen LogP contribution in [0.3, 0.4) is 0 Å². The summed E-state index contributed by atoms with van der Waals surface area (Å²) in [5, 5.41) is 9.25. The summed E-state index contributed by atoms with van der Waals surface area (Å²) in [6.45, 7) is 0. The van der Waals surface area contributed by atoms with Gasteiger partial charge in [-0.05, 0) is 30.0 Å². The zero-order chi connectivity index (χ0) is 11.1. The topological polar surface area (TPSA) is 80.4 Å². The van der Waals surface area contributed by atoms with Crippen LogP contribution in [0.4, 0.5) is 5.69 Å². The first-order chi connectivity index (χ1) is 6.98. The summed E-state index contributed by atoms with van der Waals surface area (Å²) in [6, 6.07) is 4.90. The van der Waals surface area contributed by atoms with E-state index in [1.807, 2.05) is 0 Å². The summed E-state index contributed by atoms with van der Waals surface area (Å²) in [5.74, 6) is 0.507. The Kier molecular flexibility index (Phi) is 2.34. The molecule has 0 amide bonds. The average molecular weight is 227 g/mol. The first-order valence-electron chi connectivity index (χ1n) is 4.77. The Morgan fingerprint density at radius 1 is 1.40 bits per heavy atom. The van der Waals surface area contributed by atoms with Gasteiger partial charge in [-0.25, -0.2) is 8.42 Å². The van der Waals surface area contributed by atoms with Gasteiger partial charge in [-0.1, -0.05) is 6.07 Å². The molecule has 1 atom stereocenters. The van der Waals surface area contributed by atoms with Crippen molar-refractivity contribution in [2.75, 3.05) is 17.2 Å². The molecule has 1 aliphatic heterocycles. The van der Waals surface area contributed by atoms with Crippen molar-refractivity contribution in [1.82, 2.24) is 0 Å². The van der Waals surface area contributed by atoms with E-state index in [0.717, 1.165) is 5.56 Å². The van der Waals surface area contributed by atoms with Gasteiger partial charge in [-0.3, -0.25) is 0 Å². The van der Waals surface area contributed by atoms with Gasteiger partial charge in [0.25, 0.3) is 0 Å². The Labute approximate surface area is 88.6 Å². The summed E-state index contributed by atoms with van der Waals surface area (Å²) in [4.78, 5) is 0. The lowest BCUT2D eigenvalue weighted by Crippen LogP contribution is -2.04. The van der Waals surface area contributed by atoms with Crippen LogP contribution in [0.2, 0.25) is 0 Å². The highest BCUT2D eigenvalue weighted by Gasteiger charge is 2.29. The van der Waals surface area contributed by atoms with Crippen molar-refractivity contribution in [3.8, 4) is 5.75 Å². The number of hydrogen-bond donors (Lipinski definition) is 2. The second kappa shape index (κ2) is 3.41. The van der Waals surface area contributed by atoms with E-state index in [-0.39, 0.29) is 23.2 Å². The first-order valence-corrected chi connectivity index (χ1v) is 6.59. The molecule has 0 aromatic heterocycles. The molecule has 0 saturated carbocycles. The molecule has 1 unspecified atom stereocenters. The van der Waals surface area contributed by atoms with Crippen molar-refractivity contribution in [2.24, 2.45) is 0 Å². The molecule has 0 radical (unpaired) electrons. The molecule has 1 heterocycles. The highest BCUT2D eigenvalue weighted by Crippen LogP contribution is 2.32. The van der Waals surface area contributed by atoms with E-state index in [2.05, 4.69) is 0 Å². The van der Waals surface area contributed by atoms with E-state index < -0.39 is 9.84 Å². The number of aromatic hydroxyl groups is 1. The van der Waals surface area contributed by atoms with Gasteiger partial charge in [0.05, 0.1) is 17.2 Å². The van der Waals surface area contributed by atoms with E-state index in [0.29, 0.717) is 12.1 Å². The predicted molar refractivity (Wildman–Crippen MR) is 58.5 cm³/mol. The maximum Gasteiger partial charge on any atom is 0.150 e. The number of rotatable bonds is 1. The molecule has 1 aromatic rings. The number of anilines is 1. The second-order valence-electron chi connectivity index (χ2n) is 3.92. The van der Waals surface area contributed by atoms with E-state index in [9.17, 15) is 13.5 Å². The number of benzene rings is 1. The number of phenolic OH excluding ortho intramolecular Hbond substituents is 1. The highest BCUT2D eigenvalue weighted by atomic mass is 32.2. The van der Waals surface area contributed by atoms with Crippen LogP contribution in [0.25, 0.3) is 0 Å². The number of nitrogens with two attached hydrogens (primary N) is 1. The van der Waals surface area contributed by atoms with Crippen molar-refractivity contribution in [2.45, 2.75) is 12.3 Å². The fraction of sp³-hybridized carbons (Fsp3) is 0.400. The van der Waals surface area contributed by atoms with Crippen LogP contribution < -0.4 is 5.73 Å². The van der Waals surface area contributed by atoms with Crippen molar-refractivity contribution in [3.63, 3.8) is 0 Å². The lowest BCUT2D eigenvalue weighted by Gasteiger charge is -2.09. The average Bonchev–Trinajstić information content (AvgIpc) is 2.51. The molecular formula is C10H13NO3S. The van der Waals surface area contributed by atoms with Crippen molar-refractivity contribution in [1.29, 1.82) is 0 Å². The van der Waals surface area contributed by atoms with Gasteiger partial charge < -0.3 is 10.8 Å². The maximum absolute atomic E-state index is 11.3. The van der Waals surface area contributed by atoms with Crippen LogP contribution in [0.5, 0.6) is 5.75 Å². The molecule has 15 heavy (non-hydrogen) atoms. The van der Waals surface area contributed by atoms with Gasteiger partial charge in [0, 0.05) is 0 Å². The van der Waals surface area contributed by atoms with E-state index in [1.54, 1.807) is 12.1 Å². The number of hydrogen-bond acceptors (Lipinski definition) is 4. The molecule has 1 aromatic carbocycles. The lowest BCUT2D eigenvalue weighted by molar-refractivity contribution is 0.477. The van der Waals surface area contributed by atoms with Crippen molar-refractivity contribution < 1.29 is 13.5 Å². The molecule has 4 nitrogen and oxygen atoms in total. The Balaban J connectivity index is 2.28. The van der Waals surface area contributed by atoms with Gasteiger partial charge in [0.15, 0.2) is 9.84 Å². The standard InChI is InChI=1S/C10H13NO3S/c11-9-5-7(1-2-10(9)12)8-3-4-15(13,14)6-8/h1-2,5,8,12H,3-4,6,11H2. The van der Waals surface area contributed by atoms with E-state index >= 15 is 0 Å². The minimum atomic E-state index is -2.87. The fourth-order valence-electron chi connectivity index (χ4n) is 1.88. The maximum atomic E-state index is 11.3. The Bertz CT molecular complexity index is 481. The fourth-order valence-corrected chi connectivity index (χ4v) is 3.67. The third kappa shape index (κ3) is 2.07. The minimum absolute atomic E-state index is 0.0258. The van der Waals surface area contributed by atoms with Crippen LogP contribution in [0.1, 0.15) is 17.9 Å².